The Labute approximate surface area is 104 Å². The molecule has 17 heavy (non-hydrogen) atoms. The lowest BCUT2D eigenvalue weighted by Gasteiger charge is -2.46. The second kappa shape index (κ2) is 5.25. The van der Waals surface area contributed by atoms with Crippen LogP contribution in [0.15, 0.2) is 0 Å². The normalized spacial score (nSPS) is 31.9. The maximum atomic E-state index is 11.5. The van der Waals surface area contributed by atoms with Crippen molar-refractivity contribution in [2.45, 2.75) is 53.0 Å². The lowest BCUT2D eigenvalue weighted by molar-refractivity contribution is 0.0718. The monoisotopic (exact) mass is 242 g/mol. The summed E-state index contributed by atoms with van der Waals surface area (Å²) in [6.45, 7) is 9.56. The van der Waals surface area contributed by atoms with Gasteiger partial charge in [0, 0.05) is 6.04 Å². The van der Waals surface area contributed by atoms with Crippen molar-refractivity contribution in [3.8, 4) is 0 Å². The van der Waals surface area contributed by atoms with Crippen molar-refractivity contribution in [2.75, 3.05) is 13.2 Å². The molecule has 2 unspecified atom stereocenters. The number of nitrogens with two attached hydrogens (primary N) is 1. The molecule has 1 aliphatic carbocycles. The van der Waals surface area contributed by atoms with Gasteiger partial charge < -0.3 is 15.8 Å². The molecule has 3 N–H and O–H groups in total. The van der Waals surface area contributed by atoms with Crippen molar-refractivity contribution in [1.82, 2.24) is 5.32 Å². The maximum Gasteiger partial charge on any atom is 0.407 e. The Kier molecular flexibility index (Phi) is 4.42. The van der Waals surface area contributed by atoms with E-state index in [1.807, 2.05) is 6.92 Å². The van der Waals surface area contributed by atoms with E-state index in [-0.39, 0.29) is 23.0 Å². The smallest absolute Gasteiger partial charge is 0.407 e. The van der Waals surface area contributed by atoms with E-state index >= 15 is 0 Å². The molecule has 0 heterocycles. The van der Waals surface area contributed by atoms with Gasteiger partial charge in [0.05, 0.1) is 6.61 Å². The third kappa shape index (κ3) is 4.19. The van der Waals surface area contributed by atoms with E-state index in [9.17, 15) is 4.79 Å². The predicted molar refractivity (Wildman–Crippen MR) is 68.7 cm³/mol. The topological polar surface area (TPSA) is 64.3 Å². The summed E-state index contributed by atoms with van der Waals surface area (Å²) in [6.07, 6.45) is 2.72. The lowest BCUT2D eigenvalue weighted by atomic mass is 9.63. The molecule has 0 saturated heterocycles. The Balaban J connectivity index is 2.64. The number of alkyl carbamates (subject to hydrolysis) is 1. The van der Waals surface area contributed by atoms with Crippen molar-refractivity contribution < 1.29 is 9.53 Å². The quantitative estimate of drug-likeness (QED) is 0.798. The number of carbonyl (C=O) groups excluding carboxylic acids is 1. The number of hydrogen-bond acceptors (Lipinski definition) is 3. The van der Waals surface area contributed by atoms with E-state index in [1.165, 1.54) is 0 Å². The molecule has 1 amide bonds. The van der Waals surface area contributed by atoms with Gasteiger partial charge in [-0.25, -0.2) is 4.79 Å². The van der Waals surface area contributed by atoms with Crippen LogP contribution in [0.4, 0.5) is 4.79 Å². The summed E-state index contributed by atoms with van der Waals surface area (Å²) in [6, 6.07) is 0.173. The van der Waals surface area contributed by atoms with Crippen LogP contribution >= 0.6 is 0 Å². The highest BCUT2D eigenvalue weighted by Gasteiger charge is 2.40. The number of carbonyl (C=O) groups is 1. The number of rotatable bonds is 3. The van der Waals surface area contributed by atoms with Crippen molar-refractivity contribution in [3.05, 3.63) is 0 Å². The van der Waals surface area contributed by atoms with Gasteiger partial charge in [0.25, 0.3) is 0 Å². The average Bonchev–Trinajstić information content (AvgIpc) is 2.14. The Bertz CT molecular complexity index is 279. The first-order valence-electron chi connectivity index (χ1n) is 6.44. The Morgan fingerprint density at radius 1 is 1.41 bits per heavy atom. The minimum Gasteiger partial charge on any atom is -0.450 e. The zero-order valence-electron chi connectivity index (χ0n) is 11.5. The van der Waals surface area contributed by atoms with Gasteiger partial charge >= 0.3 is 6.09 Å². The largest absolute Gasteiger partial charge is 0.450 e. The Hall–Kier alpha value is -0.770. The minimum absolute atomic E-state index is 0.117. The SMILES string of the molecule is CCOC(=O)NC1CC(C)(C)CC(C)(CN)C1. The number of ether oxygens (including phenoxy) is 1. The average molecular weight is 242 g/mol. The van der Waals surface area contributed by atoms with Crippen LogP contribution in [0, 0.1) is 10.8 Å². The third-order valence-corrected chi connectivity index (χ3v) is 3.53. The second-order valence-electron chi connectivity index (χ2n) is 6.33. The van der Waals surface area contributed by atoms with E-state index < -0.39 is 0 Å². The van der Waals surface area contributed by atoms with Crippen LogP contribution in [0.5, 0.6) is 0 Å². The van der Waals surface area contributed by atoms with Gasteiger partial charge in [-0.15, -0.1) is 0 Å². The summed E-state index contributed by atoms with van der Waals surface area (Å²) in [4.78, 5) is 11.5. The Morgan fingerprint density at radius 2 is 2.06 bits per heavy atom. The molecule has 0 aromatic heterocycles. The van der Waals surface area contributed by atoms with Crippen LogP contribution < -0.4 is 11.1 Å². The summed E-state index contributed by atoms with van der Waals surface area (Å²) < 4.78 is 4.93. The summed E-state index contributed by atoms with van der Waals surface area (Å²) in [5, 5.41) is 2.95. The minimum atomic E-state index is -0.311. The number of amides is 1. The van der Waals surface area contributed by atoms with Crippen LogP contribution in [0.2, 0.25) is 0 Å². The van der Waals surface area contributed by atoms with Gasteiger partial charge in [0.15, 0.2) is 0 Å². The molecule has 1 rings (SSSR count). The first-order valence-corrected chi connectivity index (χ1v) is 6.44. The van der Waals surface area contributed by atoms with E-state index in [1.54, 1.807) is 0 Å². The molecule has 4 nitrogen and oxygen atoms in total. The van der Waals surface area contributed by atoms with Gasteiger partial charge in [-0.1, -0.05) is 20.8 Å². The van der Waals surface area contributed by atoms with Crippen LogP contribution in [-0.2, 0) is 4.74 Å². The van der Waals surface area contributed by atoms with Crippen LogP contribution in [-0.4, -0.2) is 25.3 Å². The van der Waals surface area contributed by atoms with Crippen LogP contribution in [0.3, 0.4) is 0 Å². The van der Waals surface area contributed by atoms with Gasteiger partial charge in [0.2, 0.25) is 0 Å². The summed E-state index contributed by atoms with van der Waals surface area (Å²) in [5.74, 6) is 0. The summed E-state index contributed by atoms with van der Waals surface area (Å²) in [7, 11) is 0. The summed E-state index contributed by atoms with van der Waals surface area (Å²) >= 11 is 0. The van der Waals surface area contributed by atoms with Crippen molar-refractivity contribution >= 4 is 6.09 Å². The van der Waals surface area contributed by atoms with Crippen molar-refractivity contribution in [3.63, 3.8) is 0 Å². The first kappa shape index (κ1) is 14.3. The highest BCUT2D eigenvalue weighted by atomic mass is 16.5. The van der Waals surface area contributed by atoms with E-state index in [0.717, 1.165) is 19.3 Å². The fourth-order valence-corrected chi connectivity index (χ4v) is 3.23. The maximum absolute atomic E-state index is 11.5. The molecule has 1 aliphatic rings. The lowest BCUT2D eigenvalue weighted by Crippen LogP contribution is -2.49. The van der Waals surface area contributed by atoms with Gasteiger partial charge in [-0.05, 0) is 43.6 Å². The molecular weight excluding hydrogens is 216 g/mol. The standard InChI is InChI=1S/C13H26N2O2/c1-5-17-11(16)15-10-6-12(2,3)8-13(4,7-10)9-14/h10H,5-9,14H2,1-4H3,(H,15,16). The molecule has 1 fully saturated rings. The van der Waals surface area contributed by atoms with Gasteiger partial charge in [0.1, 0.15) is 0 Å². The number of hydrogen-bond donors (Lipinski definition) is 2. The van der Waals surface area contributed by atoms with E-state index in [4.69, 9.17) is 10.5 Å². The molecule has 0 spiro atoms. The molecule has 0 radical (unpaired) electrons. The molecule has 0 aromatic rings. The fraction of sp³-hybridized carbons (Fsp3) is 0.923. The van der Waals surface area contributed by atoms with Crippen molar-refractivity contribution in [1.29, 1.82) is 0 Å². The predicted octanol–water partition coefficient (Wildman–Crippen LogP) is 2.28. The molecule has 1 saturated carbocycles. The molecule has 100 valence electrons. The first-order chi connectivity index (χ1) is 7.80. The van der Waals surface area contributed by atoms with Gasteiger partial charge in [-0.3, -0.25) is 0 Å². The van der Waals surface area contributed by atoms with Gasteiger partial charge in [-0.2, -0.15) is 0 Å². The molecule has 2 atom stereocenters. The van der Waals surface area contributed by atoms with Crippen molar-refractivity contribution in [2.24, 2.45) is 16.6 Å². The fourth-order valence-electron chi connectivity index (χ4n) is 3.23. The molecule has 0 aliphatic heterocycles. The van der Waals surface area contributed by atoms with Crippen LogP contribution in [0.25, 0.3) is 0 Å². The molecule has 0 aromatic carbocycles. The van der Waals surface area contributed by atoms with Crippen LogP contribution in [0.1, 0.15) is 47.0 Å². The molecule has 0 bridgehead atoms. The molecule has 4 heteroatoms. The summed E-state index contributed by atoms with van der Waals surface area (Å²) in [5.41, 5.74) is 6.20. The Morgan fingerprint density at radius 3 is 2.59 bits per heavy atom. The zero-order valence-corrected chi connectivity index (χ0v) is 11.5. The highest BCUT2D eigenvalue weighted by molar-refractivity contribution is 5.67. The number of nitrogens with one attached hydrogen (secondary N) is 1. The van der Waals surface area contributed by atoms with E-state index in [2.05, 4.69) is 26.1 Å². The van der Waals surface area contributed by atoms with E-state index in [0.29, 0.717) is 13.2 Å². The molecular formula is C13H26N2O2. The second-order valence-corrected chi connectivity index (χ2v) is 6.33. The zero-order chi connectivity index (χ0) is 13.1. The highest BCUT2D eigenvalue weighted by Crippen LogP contribution is 2.45. The third-order valence-electron chi connectivity index (χ3n) is 3.53.